The molecule has 0 unspecified atom stereocenters. The fourth-order valence-corrected chi connectivity index (χ4v) is 2.95. The van der Waals surface area contributed by atoms with Gasteiger partial charge in [0, 0.05) is 6.07 Å². The van der Waals surface area contributed by atoms with Gasteiger partial charge in [-0.2, -0.15) is 13.2 Å². The molecule has 2 heterocycles. The lowest BCUT2D eigenvalue weighted by Crippen LogP contribution is -2.32. The number of carbonyl (C=O) groups excluding carboxylic acids is 1. The monoisotopic (exact) mass is 423 g/mol. The summed E-state index contributed by atoms with van der Waals surface area (Å²) < 4.78 is 48.4. The number of ether oxygens (including phenoxy) is 2. The van der Waals surface area contributed by atoms with Crippen molar-refractivity contribution in [2.75, 3.05) is 19.8 Å². The number of thiophene rings is 1. The van der Waals surface area contributed by atoms with Gasteiger partial charge in [0.15, 0.2) is 6.61 Å². The third kappa shape index (κ3) is 6.18. The van der Waals surface area contributed by atoms with Crippen molar-refractivity contribution in [3.05, 3.63) is 59.5 Å². The standard InChI is InChI=1S/C19H16F3N3O3S/c20-19(21,22)13-3-1-4-14(11-13)28-12-17(26)23-8-9-27-18-7-6-15(24-25-18)16-5-2-10-29-16/h1-7,10-11H,8-9,12H2,(H,23,26). The SMILES string of the molecule is O=C(COc1cccc(C(F)(F)F)c1)NCCOc1ccc(-c2cccs2)nn1. The highest BCUT2D eigenvalue weighted by atomic mass is 32.1. The Hall–Kier alpha value is -3.14. The number of nitrogens with zero attached hydrogens (tertiary/aromatic N) is 2. The zero-order valence-corrected chi connectivity index (χ0v) is 15.8. The topological polar surface area (TPSA) is 73.3 Å². The number of amides is 1. The largest absolute Gasteiger partial charge is 0.484 e. The molecule has 0 radical (unpaired) electrons. The minimum Gasteiger partial charge on any atom is -0.484 e. The van der Waals surface area contributed by atoms with Gasteiger partial charge >= 0.3 is 6.18 Å². The van der Waals surface area contributed by atoms with E-state index in [4.69, 9.17) is 9.47 Å². The van der Waals surface area contributed by atoms with Crippen molar-refractivity contribution in [2.24, 2.45) is 0 Å². The van der Waals surface area contributed by atoms with Crippen LogP contribution < -0.4 is 14.8 Å². The van der Waals surface area contributed by atoms with E-state index in [1.54, 1.807) is 23.5 Å². The summed E-state index contributed by atoms with van der Waals surface area (Å²) >= 11 is 1.55. The predicted octanol–water partition coefficient (Wildman–Crippen LogP) is 3.80. The van der Waals surface area contributed by atoms with Crippen LogP contribution in [0.4, 0.5) is 13.2 Å². The lowest BCUT2D eigenvalue weighted by molar-refractivity contribution is -0.137. The molecule has 0 saturated carbocycles. The van der Waals surface area contributed by atoms with Crippen LogP contribution in [-0.2, 0) is 11.0 Å². The zero-order chi connectivity index (χ0) is 20.7. The molecule has 6 nitrogen and oxygen atoms in total. The summed E-state index contributed by atoms with van der Waals surface area (Å²) in [6, 6.07) is 11.7. The van der Waals surface area contributed by atoms with Crippen molar-refractivity contribution in [2.45, 2.75) is 6.18 Å². The van der Waals surface area contributed by atoms with Crippen LogP contribution in [0.5, 0.6) is 11.6 Å². The smallest absolute Gasteiger partial charge is 0.416 e. The predicted molar refractivity (Wildman–Crippen MR) is 101 cm³/mol. The van der Waals surface area contributed by atoms with Gasteiger partial charge in [-0.15, -0.1) is 21.5 Å². The average Bonchev–Trinajstić information content (AvgIpc) is 3.25. The van der Waals surface area contributed by atoms with Crippen LogP contribution in [0.3, 0.4) is 0 Å². The van der Waals surface area contributed by atoms with E-state index in [9.17, 15) is 18.0 Å². The van der Waals surface area contributed by atoms with E-state index in [2.05, 4.69) is 15.5 Å². The number of carbonyl (C=O) groups is 1. The fourth-order valence-electron chi connectivity index (χ4n) is 2.26. The Labute approximate surface area is 168 Å². The van der Waals surface area contributed by atoms with E-state index in [0.717, 1.165) is 22.7 Å². The number of nitrogens with one attached hydrogen (secondary N) is 1. The molecule has 1 aromatic carbocycles. The van der Waals surface area contributed by atoms with Crippen LogP contribution in [0.25, 0.3) is 10.6 Å². The summed E-state index contributed by atoms with van der Waals surface area (Å²) in [4.78, 5) is 12.7. The normalized spacial score (nSPS) is 11.1. The maximum absolute atomic E-state index is 12.6. The van der Waals surface area contributed by atoms with Crippen LogP contribution in [-0.4, -0.2) is 35.9 Å². The summed E-state index contributed by atoms with van der Waals surface area (Å²) in [5.41, 5.74) is -0.0950. The first-order valence-corrected chi connectivity index (χ1v) is 9.37. The van der Waals surface area contributed by atoms with E-state index < -0.39 is 24.3 Å². The number of alkyl halides is 3. The quantitative estimate of drug-likeness (QED) is 0.558. The van der Waals surface area contributed by atoms with Crippen LogP contribution in [0.2, 0.25) is 0 Å². The molecule has 1 N–H and O–H groups in total. The van der Waals surface area contributed by atoms with Gasteiger partial charge in [-0.3, -0.25) is 4.79 Å². The molecule has 1 amide bonds. The number of hydrogen-bond donors (Lipinski definition) is 1. The second-order valence-electron chi connectivity index (χ2n) is 5.75. The third-order valence-electron chi connectivity index (χ3n) is 3.62. The number of aromatic nitrogens is 2. The van der Waals surface area contributed by atoms with E-state index >= 15 is 0 Å². The zero-order valence-electron chi connectivity index (χ0n) is 15.0. The summed E-state index contributed by atoms with van der Waals surface area (Å²) in [6.07, 6.45) is -4.47. The Morgan fingerprint density at radius 1 is 1.07 bits per heavy atom. The Morgan fingerprint density at radius 3 is 2.62 bits per heavy atom. The minimum absolute atomic E-state index is 0.0349. The lowest BCUT2D eigenvalue weighted by atomic mass is 10.2. The molecular formula is C19H16F3N3O3S. The molecular weight excluding hydrogens is 407 g/mol. The molecule has 0 saturated heterocycles. The van der Waals surface area contributed by atoms with Gasteiger partial charge in [0.2, 0.25) is 5.88 Å². The van der Waals surface area contributed by atoms with Crippen LogP contribution in [0.1, 0.15) is 5.56 Å². The first-order chi connectivity index (χ1) is 13.9. The van der Waals surface area contributed by atoms with Crippen LogP contribution in [0.15, 0.2) is 53.9 Å². The van der Waals surface area contributed by atoms with E-state index in [1.807, 2.05) is 17.5 Å². The van der Waals surface area contributed by atoms with Crippen LogP contribution >= 0.6 is 11.3 Å². The summed E-state index contributed by atoms with van der Waals surface area (Å²) in [7, 11) is 0. The Bertz CT molecular complexity index is 932. The van der Waals surface area contributed by atoms with Crippen molar-refractivity contribution in [1.82, 2.24) is 15.5 Å². The van der Waals surface area contributed by atoms with Gasteiger partial charge in [0.25, 0.3) is 5.91 Å². The van der Waals surface area contributed by atoms with E-state index in [0.29, 0.717) is 5.88 Å². The Kier molecular flexibility index (Phi) is 6.65. The average molecular weight is 423 g/mol. The molecule has 0 bridgehead atoms. The Morgan fingerprint density at radius 2 is 1.93 bits per heavy atom. The number of benzene rings is 1. The van der Waals surface area contributed by atoms with Crippen molar-refractivity contribution >= 4 is 17.2 Å². The molecule has 0 atom stereocenters. The molecule has 3 rings (SSSR count). The lowest BCUT2D eigenvalue weighted by Gasteiger charge is -2.10. The van der Waals surface area contributed by atoms with Crippen molar-refractivity contribution in [3.63, 3.8) is 0 Å². The number of hydrogen-bond acceptors (Lipinski definition) is 6. The van der Waals surface area contributed by atoms with Gasteiger partial charge in [0.05, 0.1) is 17.0 Å². The van der Waals surface area contributed by atoms with Crippen molar-refractivity contribution in [3.8, 4) is 22.2 Å². The summed E-state index contributed by atoms with van der Waals surface area (Å²) in [5.74, 6) is -0.197. The molecule has 10 heteroatoms. The highest BCUT2D eigenvalue weighted by molar-refractivity contribution is 7.13. The van der Waals surface area contributed by atoms with Gasteiger partial charge in [-0.1, -0.05) is 12.1 Å². The van der Waals surface area contributed by atoms with Crippen molar-refractivity contribution in [1.29, 1.82) is 0 Å². The first kappa shape index (κ1) is 20.6. The molecule has 0 fully saturated rings. The molecule has 29 heavy (non-hydrogen) atoms. The van der Waals surface area contributed by atoms with Gasteiger partial charge < -0.3 is 14.8 Å². The second-order valence-corrected chi connectivity index (χ2v) is 6.69. The molecule has 2 aromatic heterocycles. The third-order valence-corrected chi connectivity index (χ3v) is 4.51. The molecule has 152 valence electrons. The molecule has 0 aliphatic heterocycles. The summed E-state index contributed by atoms with van der Waals surface area (Å²) in [5, 5.41) is 12.5. The highest BCUT2D eigenvalue weighted by Crippen LogP contribution is 2.31. The minimum atomic E-state index is -4.47. The number of halogens is 3. The summed E-state index contributed by atoms with van der Waals surface area (Å²) in [6.45, 7) is -0.0713. The second kappa shape index (κ2) is 9.37. The van der Waals surface area contributed by atoms with E-state index in [-0.39, 0.29) is 18.9 Å². The van der Waals surface area contributed by atoms with Gasteiger partial charge in [-0.25, -0.2) is 0 Å². The molecule has 0 aliphatic carbocycles. The molecule has 0 spiro atoms. The first-order valence-electron chi connectivity index (χ1n) is 8.49. The highest BCUT2D eigenvalue weighted by Gasteiger charge is 2.30. The van der Waals surface area contributed by atoms with E-state index in [1.165, 1.54) is 12.1 Å². The van der Waals surface area contributed by atoms with Crippen molar-refractivity contribution < 1.29 is 27.4 Å². The Balaban J connectivity index is 1.37. The van der Waals surface area contributed by atoms with Gasteiger partial charge in [0.1, 0.15) is 18.1 Å². The molecule has 0 aliphatic rings. The molecule has 3 aromatic rings. The van der Waals surface area contributed by atoms with Crippen LogP contribution in [0, 0.1) is 0 Å². The van der Waals surface area contributed by atoms with Gasteiger partial charge in [-0.05, 0) is 35.7 Å². The number of rotatable bonds is 8. The maximum Gasteiger partial charge on any atom is 0.416 e. The maximum atomic E-state index is 12.6. The fraction of sp³-hybridized carbons (Fsp3) is 0.211.